The maximum absolute atomic E-state index is 14.1. The number of piperazine rings is 1. The Morgan fingerprint density at radius 1 is 1.04 bits per heavy atom. The fraction of sp³-hybridized carbons (Fsp3) is 0.278. The molecule has 2 aromatic rings. The Bertz CT molecular complexity index is 895. The average Bonchev–Trinajstić information content (AvgIpc) is 2.68. The van der Waals surface area contributed by atoms with Gasteiger partial charge in [-0.1, -0.05) is 18.2 Å². The van der Waals surface area contributed by atoms with E-state index in [9.17, 15) is 17.6 Å². The predicted molar refractivity (Wildman–Crippen MR) is 95.2 cm³/mol. The van der Waals surface area contributed by atoms with Crippen LogP contribution in [-0.2, 0) is 14.8 Å². The normalized spacial score (nSPS) is 15.7. The summed E-state index contributed by atoms with van der Waals surface area (Å²) < 4.78 is 45.3. The molecule has 0 aromatic heterocycles. The lowest BCUT2D eigenvalue weighted by molar-refractivity contribution is 0.0595. The summed E-state index contributed by atoms with van der Waals surface area (Å²) in [7, 11) is -2.33. The van der Waals surface area contributed by atoms with E-state index >= 15 is 0 Å². The molecular weight excluding hydrogens is 359 g/mol. The van der Waals surface area contributed by atoms with Crippen LogP contribution < -0.4 is 4.90 Å². The number of ether oxygens (including phenoxy) is 1. The van der Waals surface area contributed by atoms with E-state index in [1.54, 1.807) is 36.4 Å². The van der Waals surface area contributed by atoms with Gasteiger partial charge < -0.3 is 9.64 Å². The van der Waals surface area contributed by atoms with Crippen LogP contribution in [0.1, 0.15) is 10.4 Å². The molecule has 0 radical (unpaired) electrons. The summed E-state index contributed by atoms with van der Waals surface area (Å²) in [6.07, 6.45) is 0. The van der Waals surface area contributed by atoms with Crippen molar-refractivity contribution in [2.45, 2.75) is 4.90 Å². The van der Waals surface area contributed by atoms with Gasteiger partial charge in [0.2, 0.25) is 10.0 Å². The van der Waals surface area contributed by atoms with Crippen molar-refractivity contribution >= 4 is 21.7 Å². The van der Waals surface area contributed by atoms with Crippen molar-refractivity contribution in [2.24, 2.45) is 0 Å². The first-order valence-electron chi connectivity index (χ1n) is 8.11. The Labute approximate surface area is 151 Å². The number of anilines is 1. The van der Waals surface area contributed by atoms with Gasteiger partial charge in [-0.15, -0.1) is 0 Å². The van der Waals surface area contributed by atoms with E-state index in [2.05, 4.69) is 4.74 Å². The van der Waals surface area contributed by atoms with Crippen molar-refractivity contribution in [2.75, 3.05) is 38.2 Å². The third kappa shape index (κ3) is 3.56. The summed E-state index contributed by atoms with van der Waals surface area (Å²) in [4.78, 5) is 13.6. The van der Waals surface area contributed by atoms with E-state index in [1.165, 1.54) is 23.5 Å². The van der Waals surface area contributed by atoms with Gasteiger partial charge in [0.25, 0.3) is 0 Å². The second-order valence-electron chi connectivity index (χ2n) is 5.86. The van der Waals surface area contributed by atoms with Gasteiger partial charge in [0, 0.05) is 31.9 Å². The molecule has 26 heavy (non-hydrogen) atoms. The molecule has 0 saturated carbocycles. The second-order valence-corrected chi connectivity index (χ2v) is 7.80. The molecule has 138 valence electrons. The third-order valence-corrected chi connectivity index (χ3v) is 6.26. The zero-order valence-corrected chi connectivity index (χ0v) is 15.1. The van der Waals surface area contributed by atoms with Crippen LogP contribution in [0.25, 0.3) is 0 Å². The highest BCUT2D eigenvalue weighted by Crippen LogP contribution is 2.23. The lowest BCUT2D eigenvalue weighted by Gasteiger charge is -2.35. The number of halogens is 1. The van der Waals surface area contributed by atoms with Crippen molar-refractivity contribution in [1.29, 1.82) is 0 Å². The summed E-state index contributed by atoms with van der Waals surface area (Å²) in [6, 6.07) is 12.6. The lowest BCUT2D eigenvalue weighted by Crippen LogP contribution is -2.48. The largest absolute Gasteiger partial charge is 0.465 e. The molecular formula is C18H19FN2O4S. The number of methoxy groups -OCH3 is 1. The highest BCUT2D eigenvalue weighted by Gasteiger charge is 2.28. The molecule has 1 saturated heterocycles. The van der Waals surface area contributed by atoms with Gasteiger partial charge >= 0.3 is 5.97 Å². The Hall–Kier alpha value is -2.45. The molecule has 1 aliphatic heterocycles. The SMILES string of the molecule is COC(=O)c1ccc(N2CCN(S(=O)(=O)c3ccccc3)CC2)cc1F. The second kappa shape index (κ2) is 7.43. The zero-order chi connectivity index (χ0) is 18.7. The highest BCUT2D eigenvalue weighted by atomic mass is 32.2. The van der Waals surface area contributed by atoms with E-state index in [0.717, 1.165) is 0 Å². The van der Waals surface area contributed by atoms with Crippen LogP contribution in [0.4, 0.5) is 10.1 Å². The summed E-state index contributed by atoms with van der Waals surface area (Å²) in [6.45, 7) is 1.47. The van der Waals surface area contributed by atoms with E-state index in [1.807, 2.05) is 4.90 Å². The highest BCUT2D eigenvalue weighted by molar-refractivity contribution is 7.89. The molecule has 1 fully saturated rings. The molecule has 0 atom stereocenters. The number of hydrogen-bond donors (Lipinski definition) is 0. The average molecular weight is 378 g/mol. The minimum Gasteiger partial charge on any atom is -0.465 e. The van der Waals surface area contributed by atoms with Crippen LogP contribution in [-0.4, -0.2) is 52.0 Å². The van der Waals surface area contributed by atoms with Crippen molar-refractivity contribution in [3.63, 3.8) is 0 Å². The molecule has 0 N–H and O–H groups in total. The van der Waals surface area contributed by atoms with Crippen LogP contribution in [0.15, 0.2) is 53.4 Å². The summed E-state index contributed by atoms with van der Waals surface area (Å²) in [5.74, 6) is -1.39. The van der Waals surface area contributed by atoms with Crippen molar-refractivity contribution in [1.82, 2.24) is 4.31 Å². The summed E-state index contributed by atoms with van der Waals surface area (Å²) >= 11 is 0. The van der Waals surface area contributed by atoms with E-state index in [0.29, 0.717) is 31.9 Å². The quantitative estimate of drug-likeness (QED) is 0.763. The molecule has 0 aliphatic carbocycles. The molecule has 3 rings (SSSR count). The first kappa shape index (κ1) is 18.3. The molecule has 0 amide bonds. The lowest BCUT2D eigenvalue weighted by atomic mass is 10.1. The van der Waals surface area contributed by atoms with Gasteiger partial charge in [0.05, 0.1) is 17.6 Å². The summed E-state index contributed by atoms with van der Waals surface area (Å²) in [5, 5.41) is 0. The van der Waals surface area contributed by atoms with Gasteiger partial charge in [-0.2, -0.15) is 4.31 Å². The maximum atomic E-state index is 14.1. The topological polar surface area (TPSA) is 66.9 Å². The number of carbonyl (C=O) groups is 1. The number of carbonyl (C=O) groups excluding carboxylic acids is 1. The van der Waals surface area contributed by atoms with E-state index in [4.69, 9.17) is 0 Å². The molecule has 0 bridgehead atoms. The van der Waals surface area contributed by atoms with E-state index < -0.39 is 21.8 Å². The maximum Gasteiger partial charge on any atom is 0.340 e. The smallest absolute Gasteiger partial charge is 0.340 e. The minimum atomic E-state index is -3.53. The van der Waals surface area contributed by atoms with Gasteiger partial charge in [-0.3, -0.25) is 0 Å². The molecule has 2 aromatic carbocycles. The van der Waals surface area contributed by atoms with Crippen LogP contribution in [0.2, 0.25) is 0 Å². The number of hydrogen-bond acceptors (Lipinski definition) is 5. The van der Waals surface area contributed by atoms with Crippen LogP contribution in [0.3, 0.4) is 0 Å². The first-order valence-corrected chi connectivity index (χ1v) is 9.55. The predicted octanol–water partition coefficient (Wildman–Crippen LogP) is 2.12. The van der Waals surface area contributed by atoms with Gasteiger partial charge in [-0.25, -0.2) is 17.6 Å². The van der Waals surface area contributed by atoms with Crippen molar-refractivity contribution < 1.29 is 22.3 Å². The van der Waals surface area contributed by atoms with Crippen molar-refractivity contribution in [3.05, 3.63) is 59.9 Å². The fourth-order valence-electron chi connectivity index (χ4n) is 2.90. The number of benzene rings is 2. The van der Waals surface area contributed by atoms with Gasteiger partial charge in [0.15, 0.2) is 0 Å². The van der Waals surface area contributed by atoms with Crippen molar-refractivity contribution in [3.8, 4) is 0 Å². The fourth-order valence-corrected chi connectivity index (χ4v) is 4.35. The Morgan fingerprint density at radius 3 is 2.27 bits per heavy atom. The molecule has 0 spiro atoms. The van der Waals surface area contributed by atoms with Crippen LogP contribution in [0, 0.1) is 5.82 Å². The number of rotatable bonds is 4. The minimum absolute atomic E-state index is 0.124. The van der Waals surface area contributed by atoms with Crippen LogP contribution in [0.5, 0.6) is 0 Å². The third-order valence-electron chi connectivity index (χ3n) is 4.34. The van der Waals surface area contributed by atoms with Gasteiger partial charge in [-0.05, 0) is 30.3 Å². The molecule has 1 aliphatic rings. The number of nitrogens with zero attached hydrogens (tertiary/aromatic N) is 2. The zero-order valence-electron chi connectivity index (χ0n) is 14.3. The Balaban J connectivity index is 1.71. The van der Waals surface area contributed by atoms with Gasteiger partial charge in [0.1, 0.15) is 5.82 Å². The Kier molecular flexibility index (Phi) is 5.24. The summed E-state index contributed by atoms with van der Waals surface area (Å²) in [5.41, 5.74) is 0.480. The number of sulfonamides is 1. The number of esters is 1. The van der Waals surface area contributed by atoms with E-state index in [-0.39, 0.29) is 10.5 Å². The first-order chi connectivity index (χ1) is 12.4. The molecule has 6 nitrogen and oxygen atoms in total. The Morgan fingerprint density at radius 2 is 1.69 bits per heavy atom. The molecule has 0 unspecified atom stereocenters. The molecule has 8 heteroatoms. The monoisotopic (exact) mass is 378 g/mol. The standard InChI is InChI=1S/C18H19FN2O4S/c1-25-18(22)16-8-7-14(13-17(16)19)20-9-11-21(12-10-20)26(23,24)15-5-3-2-4-6-15/h2-8,13H,9-12H2,1H3. The van der Waals surface area contributed by atoms with Crippen LogP contribution >= 0.6 is 0 Å². The molecule has 1 heterocycles.